The van der Waals surface area contributed by atoms with Crippen LogP contribution < -0.4 is 9.47 Å². The lowest BCUT2D eigenvalue weighted by Gasteiger charge is -2.27. The monoisotopic (exact) mass is 462 g/mol. The highest BCUT2D eigenvalue weighted by Gasteiger charge is 2.31. The van der Waals surface area contributed by atoms with Gasteiger partial charge < -0.3 is 14.4 Å². The third kappa shape index (κ3) is 3.98. The fourth-order valence-electron chi connectivity index (χ4n) is 4.82. The van der Waals surface area contributed by atoms with Crippen LogP contribution in [-0.4, -0.2) is 45.3 Å². The number of benzene rings is 2. The number of nitro groups is 1. The molecule has 1 aromatic heterocycles. The molecule has 2 aliphatic rings. The highest BCUT2D eigenvalue weighted by atomic mass is 16.6. The van der Waals surface area contributed by atoms with Crippen LogP contribution >= 0.6 is 0 Å². The average Bonchev–Trinajstić information content (AvgIpc) is 3.43. The summed E-state index contributed by atoms with van der Waals surface area (Å²) in [6, 6.07) is 13.3. The molecule has 9 nitrogen and oxygen atoms in total. The van der Waals surface area contributed by atoms with Crippen molar-refractivity contribution in [2.45, 2.75) is 39.3 Å². The van der Waals surface area contributed by atoms with Crippen molar-refractivity contribution in [2.75, 3.05) is 19.8 Å². The smallest absolute Gasteiger partial charge is 0.312 e. The van der Waals surface area contributed by atoms with E-state index in [-0.39, 0.29) is 17.6 Å². The molecule has 1 saturated heterocycles. The Labute approximate surface area is 197 Å². The summed E-state index contributed by atoms with van der Waals surface area (Å²) >= 11 is 0. The number of hydrogen-bond donors (Lipinski definition) is 0. The van der Waals surface area contributed by atoms with Gasteiger partial charge >= 0.3 is 5.69 Å². The molecule has 3 aromatic rings. The summed E-state index contributed by atoms with van der Waals surface area (Å²) in [6.45, 7) is 5.51. The SMILES string of the molecule is Cc1nn(Cc2ccc(C(=O)N3CCCC3c3ccc4c(c3)OCCO4)cc2)c(C)c1[N+](=O)[O-]. The van der Waals surface area contributed by atoms with E-state index in [1.165, 1.54) is 0 Å². The Morgan fingerprint density at radius 1 is 1.12 bits per heavy atom. The quantitative estimate of drug-likeness (QED) is 0.416. The summed E-state index contributed by atoms with van der Waals surface area (Å²) in [5, 5.41) is 15.6. The number of carbonyl (C=O) groups excluding carboxylic acids is 1. The lowest BCUT2D eigenvalue weighted by Crippen LogP contribution is -2.30. The minimum absolute atomic E-state index is 0.00162. The van der Waals surface area contributed by atoms with Crippen molar-refractivity contribution in [1.29, 1.82) is 0 Å². The highest BCUT2D eigenvalue weighted by molar-refractivity contribution is 5.94. The van der Waals surface area contributed by atoms with Crippen LogP contribution in [0.5, 0.6) is 11.5 Å². The number of rotatable bonds is 5. The molecular weight excluding hydrogens is 436 g/mol. The van der Waals surface area contributed by atoms with Crippen LogP contribution in [0.15, 0.2) is 42.5 Å². The molecule has 0 N–H and O–H groups in total. The molecule has 176 valence electrons. The maximum absolute atomic E-state index is 13.3. The Morgan fingerprint density at radius 3 is 2.56 bits per heavy atom. The van der Waals surface area contributed by atoms with Crippen LogP contribution in [-0.2, 0) is 6.54 Å². The zero-order chi connectivity index (χ0) is 23.8. The van der Waals surface area contributed by atoms with Crippen LogP contribution in [0.25, 0.3) is 0 Å². The Hall–Kier alpha value is -3.88. The first-order valence-corrected chi connectivity index (χ1v) is 11.4. The van der Waals surface area contributed by atoms with Gasteiger partial charge in [0.1, 0.15) is 24.6 Å². The maximum atomic E-state index is 13.3. The predicted molar refractivity (Wildman–Crippen MR) is 124 cm³/mol. The highest BCUT2D eigenvalue weighted by Crippen LogP contribution is 2.38. The summed E-state index contributed by atoms with van der Waals surface area (Å²) < 4.78 is 13.0. The third-order valence-electron chi connectivity index (χ3n) is 6.52. The van der Waals surface area contributed by atoms with E-state index >= 15 is 0 Å². The molecule has 3 heterocycles. The Balaban J connectivity index is 1.32. The van der Waals surface area contributed by atoms with Crippen molar-refractivity contribution in [3.63, 3.8) is 0 Å². The van der Waals surface area contributed by atoms with Crippen LogP contribution in [0.4, 0.5) is 5.69 Å². The predicted octanol–water partition coefficient (Wildman–Crippen LogP) is 4.20. The zero-order valence-electron chi connectivity index (χ0n) is 19.2. The second-order valence-electron chi connectivity index (χ2n) is 8.69. The molecule has 1 unspecified atom stereocenters. The summed E-state index contributed by atoms with van der Waals surface area (Å²) in [4.78, 5) is 26.1. The Kier molecular flexibility index (Phi) is 5.69. The summed E-state index contributed by atoms with van der Waals surface area (Å²) in [7, 11) is 0. The van der Waals surface area contributed by atoms with Crippen molar-refractivity contribution in [1.82, 2.24) is 14.7 Å². The molecular formula is C25H26N4O5. The number of nitrogens with zero attached hydrogens (tertiary/aromatic N) is 4. The molecule has 2 aliphatic heterocycles. The summed E-state index contributed by atoms with van der Waals surface area (Å²) in [5.74, 6) is 1.47. The first-order chi connectivity index (χ1) is 16.4. The van der Waals surface area contributed by atoms with Crippen molar-refractivity contribution >= 4 is 11.6 Å². The van der Waals surface area contributed by atoms with Gasteiger partial charge in [-0.3, -0.25) is 19.6 Å². The van der Waals surface area contributed by atoms with Gasteiger partial charge in [0.2, 0.25) is 0 Å². The second kappa shape index (κ2) is 8.81. The van der Waals surface area contributed by atoms with Crippen molar-refractivity contribution in [2.24, 2.45) is 0 Å². The average molecular weight is 463 g/mol. The molecule has 0 radical (unpaired) electrons. The van der Waals surface area contributed by atoms with E-state index in [0.717, 1.165) is 35.5 Å². The molecule has 0 saturated carbocycles. The van der Waals surface area contributed by atoms with Gasteiger partial charge in [-0.15, -0.1) is 0 Å². The molecule has 1 fully saturated rings. The number of hydrogen-bond acceptors (Lipinski definition) is 6. The number of ether oxygens (including phenoxy) is 2. The fourth-order valence-corrected chi connectivity index (χ4v) is 4.82. The van der Waals surface area contributed by atoms with Gasteiger partial charge in [-0.05, 0) is 62.1 Å². The minimum Gasteiger partial charge on any atom is -0.486 e. The molecule has 0 bridgehead atoms. The zero-order valence-corrected chi connectivity index (χ0v) is 19.2. The van der Waals surface area contributed by atoms with Crippen molar-refractivity contribution in [3.05, 3.63) is 80.7 Å². The first kappa shape index (κ1) is 21.9. The number of aromatic nitrogens is 2. The Bertz CT molecular complexity index is 1250. The van der Waals surface area contributed by atoms with Crippen LogP contribution in [0, 0.1) is 24.0 Å². The molecule has 34 heavy (non-hydrogen) atoms. The third-order valence-corrected chi connectivity index (χ3v) is 6.52. The topological polar surface area (TPSA) is 99.7 Å². The van der Waals surface area contributed by atoms with E-state index in [0.29, 0.717) is 43.3 Å². The first-order valence-electron chi connectivity index (χ1n) is 11.4. The van der Waals surface area contributed by atoms with E-state index < -0.39 is 4.92 Å². The van der Waals surface area contributed by atoms with Crippen molar-refractivity contribution in [3.8, 4) is 11.5 Å². The Morgan fingerprint density at radius 2 is 1.85 bits per heavy atom. The molecule has 0 spiro atoms. The van der Waals surface area contributed by atoms with Gasteiger partial charge in [0.25, 0.3) is 5.91 Å². The van der Waals surface area contributed by atoms with E-state index in [4.69, 9.17) is 9.47 Å². The van der Waals surface area contributed by atoms with Crippen LogP contribution in [0.2, 0.25) is 0 Å². The van der Waals surface area contributed by atoms with Gasteiger partial charge in [0.15, 0.2) is 11.5 Å². The maximum Gasteiger partial charge on any atom is 0.312 e. The molecule has 2 aromatic carbocycles. The molecule has 1 amide bonds. The lowest BCUT2D eigenvalue weighted by atomic mass is 10.0. The number of amides is 1. The fraction of sp³-hybridized carbons (Fsp3) is 0.360. The molecule has 0 aliphatic carbocycles. The van der Waals surface area contributed by atoms with Gasteiger partial charge in [0.05, 0.1) is 17.5 Å². The van der Waals surface area contributed by atoms with Gasteiger partial charge in [-0.2, -0.15) is 5.10 Å². The second-order valence-corrected chi connectivity index (χ2v) is 8.69. The number of aryl methyl sites for hydroxylation is 1. The van der Waals surface area contributed by atoms with E-state index in [9.17, 15) is 14.9 Å². The molecule has 5 rings (SSSR count). The molecule has 9 heteroatoms. The number of fused-ring (bicyclic) bond motifs is 1. The summed E-state index contributed by atoms with van der Waals surface area (Å²) in [5.41, 5.74) is 3.55. The summed E-state index contributed by atoms with van der Waals surface area (Å²) in [6.07, 6.45) is 1.85. The van der Waals surface area contributed by atoms with E-state index in [1.807, 2.05) is 47.4 Å². The van der Waals surface area contributed by atoms with E-state index in [2.05, 4.69) is 5.10 Å². The van der Waals surface area contributed by atoms with Gasteiger partial charge in [-0.1, -0.05) is 18.2 Å². The van der Waals surface area contributed by atoms with Crippen LogP contribution in [0.1, 0.15) is 51.8 Å². The van der Waals surface area contributed by atoms with Crippen LogP contribution in [0.3, 0.4) is 0 Å². The molecule has 1 atom stereocenters. The lowest BCUT2D eigenvalue weighted by molar-refractivity contribution is -0.386. The number of carbonyl (C=O) groups is 1. The standard InChI is InChI=1S/C25H26N4O5/c1-16-24(29(31)32)17(2)28(26-16)15-18-5-7-19(8-6-18)25(30)27-11-3-4-21(27)20-9-10-22-23(14-20)34-13-12-33-22/h5-10,14,21H,3-4,11-13,15H2,1-2H3. The number of likely N-dealkylation sites (tertiary alicyclic amines) is 1. The van der Waals surface area contributed by atoms with Gasteiger partial charge in [0, 0.05) is 12.1 Å². The minimum atomic E-state index is -0.399. The normalized spacial score (nSPS) is 17.1. The van der Waals surface area contributed by atoms with E-state index in [1.54, 1.807) is 18.5 Å². The van der Waals surface area contributed by atoms with Crippen molar-refractivity contribution < 1.29 is 19.2 Å². The van der Waals surface area contributed by atoms with Gasteiger partial charge in [-0.25, -0.2) is 0 Å². The largest absolute Gasteiger partial charge is 0.486 e.